The number of rotatable bonds is 12. The molecule has 2 amide bonds. The lowest BCUT2D eigenvalue weighted by molar-refractivity contribution is 0.262. The summed E-state index contributed by atoms with van der Waals surface area (Å²) in [6.45, 7) is 11.9. The third-order valence-corrected chi connectivity index (χ3v) is 7.78. The molecule has 3 heterocycles. The molecule has 10 nitrogen and oxygen atoms in total. The number of carbonyl (C=O) groups excluding carboxylic acids is 1. The Hall–Kier alpha value is -4.99. The Morgan fingerprint density at radius 2 is 1.67 bits per heavy atom. The van der Waals surface area contributed by atoms with Crippen LogP contribution in [-0.2, 0) is 13.1 Å². The minimum Gasteiger partial charge on any atom is -0.492 e. The van der Waals surface area contributed by atoms with Gasteiger partial charge in [-0.15, -0.1) is 0 Å². The first kappa shape index (κ1) is 31.4. The zero-order valence-electron chi connectivity index (χ0n) is 26.6. The van der Waals surface area contributed by atoms with E-state index in [1.165, 1.54) is 6.33 Å². The van der Waals surface area contributed by atoms with Crippen LogP contribution in [-0.4, -0.2) is 37.0 Å². The molecule has 0 radical (unpaired) electrons. The number of nitrogens with one attached hydrogen (secondary N) is 2. The molecule has 0 fully saturated rings. The first-order valence-electron chi connectivity index (χ1n) is 15.6. The summed E-state index contributed by atoms with van der Waals surface area (Å²) < 4.78 is 9.41. The number of hydrogen-bond acceptors (Lipinski definition) is 6. The molecule has 0 bridgehead atoms. The molecule has 2 N–H and O–H groups in total. The van der Waals surface area contributed by atoms with E-state index >= 15 is 0 Å². The number of unbranched alkanes of at least 4 members (excludes halogenated alkanes) is 1. The van der Waals surface area contributed by atoms with Crippen molar-refractivity contribution in [2.24, 2.45) is 0 Å². The highest BCUT2D eigenvalue weighted by atomic mass is 16.5. The molecule has 234 valence electrons. The maximum absolute atomic E-state index is 14.2. The van der Waals surface area contributed by atoms with Crippen LogP contribution in [0.15, 0.2) is 78.2 Å². The Bertz CT molecular complexity index is 1800. The highest BCUT2D eigenvalue weighted by molar-refractivity contribution is 6.07. The van der Waals surface area contributed by atoms with Crippen LogP contribution in [0.1, 0.15) is 70.4 Å². The first-order valence-corrected chi connectivity index (χ1v) is 15.6. The van der Waals surface area contributed by atoms with Crippen LogP contribution < -0.4 is 20.9 Å². The fourth-order valence-corrected chi connectivity index (χ4v) is 5.52. The minimum atomic E-state index is -0.478. The molecule has 0 unspecified atom stereocenters. The number of pyridine rings is 2. The van der Waals surface area contributed by atoms with Crippen LogP contribution >= 0.6 is 0 Å². The summed E-state index contributed by atoms with van der Waals surface area (Å²) in [7, 11) is 0. The summed E-state index contributed by atoms with van der Waals surface area (Å²) in [5, 5.41) is 11.0. The quantitative estimate of drug-likeness (QED) is 0.152. The molecular weight excluding hydrogens is 566 g/mol. The molecule has 2 aromatic carbocycles. The number of aromatic nitrogens is 5. The van der Waals surface area contributed by atoms with Crippen LogP contribution in [0, 0.1) is 0 Å². The number of benzene rings is 2. The third kappa shape index (κ3) is 7.06. The van der Waals surface area contributed by atoms with E-state index < -0.39 is 6.03 Å². The van der Waals surface area contributed by atoms with Gasteiger partial charge in [0.2, 0.25) is 0 Å². The second-order valence-electron chi connectivity index (χ2n) is 11.7. The van der Waals surface area contributed by atoms with E-state index in [2.05, 4.69) is 60.3 Å². The molecule has 0 saturated carbocycles. The van der Waals surface area contributed by atoms with Gasteiger partial charge in [-0.1, -0.05) is 71.4 Å². The minimum absolute atomic E-state index is 0.192. The maximum atomic E-state index is 14.2. The molecule has 0 aliphatic heterocycles. The van der Waals surface area contributed by atoms with Crippen LogP contribution in [0.25, 0.3) is 22.2 Å². The average molecular weight is 608 g/mol. The Morgan fingerprint density at radius 3 is 2.36 bits per heavy atom. The standard InChI is InChI=1S/C35H41N7O3/c1-6-7-17-42-33-29(15-10-16-37-33)30(25-11-8-12-26(20-25)45-19-18-41-22-36-21-38-41)32(34(42)43)40-35(44)39-31-27(23(2)3)13-9-14-28(31)24(4)5/h8-16,20-24H,6-7,17-19H2,1-5H3,(H2,39,40,44). The van der Waals surface area contributed by atoms with Crippen molar-refractivity contribution >= 4 is 28.4 Å². The van der Waals surface area contributed by atoms with Gasteiger partial charge in [-0.2, -0.15) is 5.10 Å². The molecule has 45 heavy (non-hydrogen) atoms. The monoisotopic (exact) mass is 607 g/mol. The molecule has 0 atom stereocenters. The first-order chi connectivity index (χ1) is 21.8. The van der Waals surface area contributed by atoms with Crippen molar-refractivity contribution in [1.82, 2.24) is 24.3 Å². The molecule has 0 aliphatic rings. The smallest absolute Gasteiger partial charge is 0.323 e. The van der Waals surface area contributed by atoms with Crippen molar-refractivity contribution in [3.63, 3.8) is 0 Å². The zero-order chi connectivity index (χ0) is 31.9. The fourth-order valence-electron chi connectivity index (χ4n) is 5.52. The number of hydrogen-bond donors (Lipinski definition) is 2. The van der Waals surface area contributed by atoms with Gasteiger partial charge in [-0.3, -0.25) is 9.36 Å². The van der Waals surface area contributed by atoms with Gasteiger partial charge in [0.05, 0.1) is 6.54 Å². The predicted molar refractivity (Wildman–Crippen MR) is 179 cm³/mol. The van der Waals surface area contributed by atoms with Crippen LogP contribution in [0.3, 0.4) is 0 Å². The van der Waals surface area contributed by atoms with Crippen LogP contribution in [0.5, 0.6) is 5.75 Å². The van der Waals surface area contributed by atoms with Gasteiger partial charge in [-0.05, 0) is 59.2 Å². The van der Waals surface area contributed by atoms with Crippen molar-refractivity contribution < 1.29 is 9.53 Å². The molecule has 0 saturated heterocycles. The van der Waals surface area contributed by atoms with E-state index in [1.807, 2.05) is 54.6 Å². The summed E-state index contributed by atoms with van der Waals surface area (Å²) in [5.41, 5.74) is 4.63. The highest BCUT2D eigenvalue weighted by Gasteiger charge is 2.23. The number of fused-ring (bicyclic) bond motifs is 1. The lowest BCUT2D eigenvalue weighted by Crippen LogP contribution is -2.30. The summed E-state index contributed by atoms with van der Waals surface area (Å²) >= 11 is 0. The zero-order valence-corrected chi connectivity index (χ0v) is 26.6. The Kier molecular flexibility index (Phi) is 9.92. The van der Waals surface area contributed by atoms with E-state index in [4.69, 9.17) is 4.74 Å². The molecule has 5 rings (SSSR count). The van der Waals surface area contributed by atoms with Gasteiger partial charge in [0.25, 0.3) is 5.56 Å². The number of anilines is 2. The van der Waals surface area contributed by atoms with Crippen molar-refractivity contribution in [2.45, 2.75) is 72.4 Å². The third-order valence-electron chi connectivity index (χ3n) is 7.78. The Morgan fingerprint density at radius 1 is 0.933 bits per heavy atom. The molecular formula is C35H41N7O3. The number of para-hydroxylation sites is 1. The Labute approximate surface area is 263 Å². The number of amides is 2. The van der Waals surface area contributed by atoms with E-state index in [0.29, 0.717) is 36.7 Å². The van der Waals surface area contributed by atoms with E-state index in [0.717, 1.165) is 40.6 Å². The summed E-state index contributed by atoms with van der Waals surface area (Å²) in [6, 6.07) is 16.9. The SMILES string of the molecule is CCCCn1c(=O)c(NC(=O)Nc2c(C(C)C)cccc2C(C)C)c(-c2cccc(OCCn3cncn3)c2)c2cccnc21. The van der Waals surface area contributed by atoms with Gasteiger partial charge in [0, 0.05) is 29.4 Å². The topological polar surface area (TPSA) is 116 Å². The van der Waals surface area contributed by atoms with Crippen LogP contribution in [0.2, 0.25) is 0 Å². The van der Waals surface area contributed by atoms with E-state index in [-0.39, 0.29) is 23.1 Å². The summed E-state index contributed by atoms with van der Waals surface area (Å²) in [6.07, 6.45) is 6.51. The second kappa shape index (κ2) is 14.2. The van der Waals surface area contributed by atoms with Gasteiger partial charge in [0.1, 0.15) is 36.3 Å². The highest BCUT2D eigenvalue weighted by Crippen LogP contribution is 2.36. The molecule has 0 spiro atoms. The second-order valence-corrected chi connectivity index (χ2v) is 11.7. The van der Waals surface area contributed by atoms with E-state index in [1.54, 1.807) is 21.8 Å². The molecule has 3 aromatic heterocycles. The van der Waals surface area contributed by atoms with Crippen molar-refractivity contribution in [1.29, 1.82) is 0 Å². The van der Waals surface area contributed by atoms with Gasteiger partial charge < -0.3 is 15.4 Å². The van der Waals surface area contributed by atoms with Crippen molar-refractivity contribution in [3.05, 3.63) is 94.9 Å². The van der Waals surface area contributed by atoms with Gasteiger partial charge >= 0.3 is 6.03 Å². The van der Waals surface area contributed by atoms with Crippen molar-refractivity contribution in [3.8, 4) is 16.9 Å². The van der Waals surface area contributed by atoms with Crippen LogP contribution in [0.4, 0.5) is 16.2 Å². The molecule has 0 aliphatic carbocycles. The summed E-state index contributed by atoms with van der Waals surface area (Å²) in [4.78, 5) is 36.7. The maximum Gasteiger partial charge on any atom is 0.323 e. The number of carbonyl (C=O) groups is 1. The number of ether oxygens (including phenoxy) is 1. The lowest BCUT2D eigenvalue weighted by atomic mass is 9.93. The lowest BCUT2D eigenvalue weighted by Gasteiger charge is -2.22. The number of aryl methyl sites for hydroxylation is 1. The largest absolute Gasteiger partial charge is 0.492 e. The normalized spacial score (nSPS) is 11.4. The number of urea groups is 1. The van der Waals surface area contributed by atoms with Crippen molar-refractivity contribution in [2.75, 3.05) is 17.2 Å². The predicted octanol–water partition coefficient (Wildman–Crippen LogP) is 7.42. The number of nitrogens with zero attached hydrogens (tertiary/aromatic N) is 5. The average Bonchev–Trinajstić information content (AvgIpc) is 3.55. The fraction of sp³-hybridized carbons (Fsp3) is 0.343. The molecule has 5 aromatic rings. The molecule has 10 heteroatoms. The van der Waals surface area contributed by atoms with Gasteiger partial charge in [0.15, 0.2) is 0 Å². The Balaban J connectivity index is 1.58. The van der Waals surface area contributed by atoms with E-state index in [9.17, 15) is 9.59 Å². The van der Waals surface area contributed by atoms with Gasteiger partial charge in [-0.25, -0.2) is 19.4 Å². The summed E-state index contributed by atoms with van der Waals surface area (Å²) in [5.74, 6) is 1.02.